The molecule has 1 fully saturated rings. The zero-order chi connectivity index (χ0) is 16.5. The van der Waals surface area contributed by atoms with E-state index in [-0.39, 0.29) is 11.8 Å². The Balaban J connectivity index is 1.64. The van der Waals surface area contributed by atoms with Gasteiger partial charge in [-0.05, 0) is 42.7 Å². The molecule has 24 heavy (non-hydrogen) atoms. The summed E-state index contributed by atoms with van der Waals surface area (Å²) in [7, 11) is 0. The van der Waals surface area contributed by atoms with E-state index in [2.05, 4.69) is 44.0 Å². The number of benzene rings is 2. The average molecular weight is 384 g/mol. The van der Waals surface area contributed by atoms with Crippen LogP contribution in [-0.4, -0.2) is 15.5 Å². The predicted octanol–water partition coefficient (Wildman–Crippen LogP) is 3.87. The third kappa shape index (κ3) is 3.22. The number of para-hydroxylation sites is 2. The second-order valence-electron chi connectivity index (χ2n) is 6.22. The Morgan fingerprint density at radius 1 is 1.17 bits per heavy atom. The average Bonchev–Trinajstić information content (AvgIpc) is 3.39. The maximum absolute atomic E-state index is 11.9. The van der Waals surface area contributed by atoms with Crippen LogP contribution in [0.5, 0.6) is 0 Å². The molecule has 2 aromatic carbocycles. The van der Waals surface area contributed by atoms with Gasteiger partial charge in [-0.1, -0.05) is 40.2 Å². The van der Waals surface area contributed by atoms with E-state index >= 15 is 0 Å². The molecule has 0 unspecified atom stereocenters. The van der Waals surface area contributed by atoms with Gasteiger partial charge in [0.25, 0.3) is 0 Å². The van der Waals surface area contributed by atoms with Gasteiger partial charge in [0.15, 0.2) is 0 Å². The lowest BCUT2D eigenvalue weighted by molar-refractivity contribution is -0.122. The van der Waals surface area contributed by atoms with E-state index in [0.29, 0.717) is 6.54 Å². The molecule has 0 radical (unpaired) electrons. The number of nitrogens with zero attached hydrogens (tertiary/aromatic N) is 2. The molecule has 1 aliphatic rings. The van der Waals surface area contributed by atoms with Gasteiger partial charge >= 0.3 is 0 Å². The van der Waals surface area contributed by atoms with Crippen LogP contribution in [0.1, 0.15) is 24.2 Å². The zero-order valence-corrected chi connectivity index (χ0v) is 14.8. The van der Waals surface area contributed by atoms with Gasteiger partial charge in [0.2, 0.25) is 5.91 Å². The first-order chi connectivity index (χ1) is 11.7. The molecule has 1 aliphatic carbocycles. The standard InChI is InChI=1S/C19H18BrN3O/c20-15-9-5-13(6-10-15)12-23-17-4-2-1-3-16(17)22-18(23)11-21-19(24)14-7-8-14/h1-6,9-10,14H,7-8,11-12H2,(H,21,24). The molecule has 122 valence electrons. The molecule has 1 N–H and O–H groups in total. The molecule has 0 saturated heterocycles. The molecule has 1 heterocycles. The summed E-state index contributed by atoms with van der Waals surface area (Å²) in [5, 5.41) is 3.03. The van der Waals surface area contributed by atoms with Crippen molar-refractivity contribution in [1.29, 1.82) is 0 Å². The summed E-state index contributed by atoms with van der Waals surface area (Å²) in [6.45, 7) is 1.21. The fraction of sp³-hybridized carbons (Fsp3) is 0.263. The summed E-state index contributed by atoms with van der Waals surface area (Å²) >= 11 is 3.47. The number of nitrogens with one attached hydrogen (secondary N) is 1. The van der Waals surface area contributed by atoms with Gasteiger partial charge in [0, 0.05) is 16.9 Å². The molecule has 1 saturated carbocycles. The summed E-state index contributed by atoms with van der Waals surface area (Å²) in [4.78, 5) is 16.7. The number of aromatic nitrogens is 2. The number of halogens is 1. The molecular weight excluding hydrogens is 366 g/mol. The molecule has 0 spiro atoms. The van der Waals surface area contributed by atoms with Crippen molar-refractivity contribution in [3.63, 3.8) is 0 Å². The van der Waals surface area contributed by atoms with Crippen LogP contribution < -0.4 is 5.32 Å². The highest BCUT2D eigenvalue weighted by atomic mass is 79.9. The van der Waals surface area contributed by atoms with Crippen LogP contribution in [0.3, 0.4) is 0 Å². The van der Waals surface area contributed by atoms with Crippen molar-refractivity contribution >= 4 is 32.9 Å². The number of rotatable bonds is 5. The van der Waals surface area contributed by atoms with Gasteiger partial charge < -0.3 is 9.88 Å². The molecule has 0 atom stereocenters. The number of fused-ring (bicyclic) bond motifs is 1. The Morgan fingerprint density at radius 3 is 2.67 bits per heavy atom. The second-order valence-corrected chi connectivity index (χ2v) is 7.14. The van der Waals surface area contributed by atoms with Crippen LogP contribution in [0.2, 0.25) is 0 Å². The highest BCUT2D eigenvalue weighted by Gasteiger charge is 2.29. The lowest BCUT2D eigenvalue weighted by Gasteiger charge is -2.10. The molecule has 0 bridgehead atoms. The first-order valence-electron chi connectivity index (χ1n) is 8.17. The van der Waals surface area contributed by atoms with Crippen LogP contribution in [0, 0.1) is 5.92 Å². The summed E-state index contributed by atoms with van der Waals surface area (Å²) in [6, 6.07) is 16.4. The number of hydrogen-bond acceptors (Lipinski definition) is 2. The lowest BCUT2D eigenvalue weighted by atomic mass is 10.2. The normalized spacial score (nSPS) is 14.0. The summed E-state index contributed by atoms with van der Waals surface area (Å²) < 4.78 is 3.25. The van der Waals surface area contributed by atoms with Crippen LogP contribution in [-0.2, 0) is 17.9 Å². The molecule has 3 aromatic rings. The van der Waals surface area contributed by atoms with Crippen molar-refractivity contribution in [2.24, 2.45) is 5.92 Å². The summed E-state index contributed by atoms with van der Waals surface area (Å²) in [5.74, 6) is 1.26. The van der Waals surface area contributed by atoms with E-state index in [1.54, 1.807) is 0 Å². The van der Waals surface area contributed by atoms with Gasteiger partial charge in [-0.15, -0.1) is 0 Å². The molecule has 5 heteroatoms. The van der Waals surface area contributed by atoms with Crippen LogP contribution >= 0.6 is 15.9 Å². The van der Waals surface area contributed by atoms with Gasteiger partial charge in [-0.3, -0.25) is 4.79 Å². The second kappa shape index (κ2) is 6.40. The minimum atomic E-state index is 0.150. The van der Waals surface area contributed by atoms with Gasteiger partial charge in [-0.2, -0.15) is 0 Å². The van der Waals surface area contributed by atoms with Crippen LogP contribution in [0.15, 0.2) is 53.0 Å². The summed E-state index contributed by atoms with van der Waals surface area (Å²) in [6.07, 6.45) is 2.03. The fourth-order valence-electron chi connectivity index (χ4n) is 2.87. The highest BCUT2D eigenvalue weighted by molar-refractivity contribution is 9.10. The number of amides is 1. The van der Waals surface area contributed by atoms with Crippen molar-refractivity contribution in [1.82, 2.24) is 14.9 Å². The van der Waals surface area contributed by atoms with E-state index in [1.165, 1.54) is 5.56 Å². The fourth-order valence-corrected chi connectivity index (χ4v) is 3.13. The van der Waals surface area contributed by atoms with E-state index in [4.69, 9.17) is 4.98 Å². The van der Waals surface area contributed by atoms with E-state index in [0.717, 1.165) is 40.7 Å². The maximum Gasteiger partial charge on any atom is 0.223 e. The number of carbonyl (C=O) groups is 1. The van der Waals surface area contributed by atoms with E-state index < -0.39 is 0 Å². The predicted molar refractivity (Wildman–Crippen MR) is 97.5 cm³/mol. The first kappa shape index (κ1) is 15.4. The van der Waals surface area contributed by atoms with Crippen molar-refractivity contribution in [3.8, 4) is 0 Å². The molecule has 0 aliphatic heterocycles. The van der Waals surface area contributed by atoms with Crippen molar-refractivity contribution in [3.05, 3.63) is 64.4 Å². The van der Waals surface area contributed by atoms with Gasteiger partial charge in [0.05, 0.1) is 17.6 Å². The van der Waals surface area contributed by atoms with Crippen LogP contribution in [0.4, 0.5) is 0 Å². The lowest BCUT2D eigenvalue weighted by Crippen LogP contribution is -2.26. The minimum absolute atomic E-state index is 0.150. The highest BCUT2D eigenvalue weighted by Crippen LogP contribution is 2.29. The summed E-state index contributed by atoms with van der Waals surface area (Å²) in [5.41, 5.74) is 3.26. The minimum Gasteiger partial charge on any atom is -0.349 e. The SMILES string of the molecule is O=C(NCc1nc2ccccc2n1Cc1ccc(Br)cc1)C1CC1. The zero-order valence-electron chi connectivity index (χ0n) is 13.2. The Bertz CT molecular complexity index is 881. The third-order valence-corrected chi connectivity index (χ3v) is 4.89. The third-order valence-electron chi connectivity index (χ3n) is 4.36. The number of carbonyl (C=O) groups excluding carboxylic acids is 1. The Kier molecular flexibility index (Phi) is 4.10. The smallest absolute Gasteiger partial charge is 0.223 e. The van der Waals surface area contributed by atoms with Gasteiger partial charge in [0.1, 0.15) is 5.82 Å². The monoisotopic (exact) mass is 383 g/mol. The topological polar surface area (TPSA) is 46.9 Å². The molecule has 1 amide bonds. The van der Waals surface area contributed by atoms with Crippen LogP contribution in [0.25, 0.3) is 11.0 Å². The Hall–Kier alpha value is -2.14. The van der Waals surface area contributed by atoms with Crippen molar-refractivity contribution < 1.29 is 4.79 Å². The molecule has 4 nitrogen and oxygen atoms in total. The Labute approximate surface area is 149 Å². The van der Waals surface area contributed by atoms with Crippen molar-refractivity contribution in [2.45, 2.75) is 25.9 Å². The van der Waals surface area contributed by atoms with Crippen molar-refractivity contribution in [2.75, 3.05) is 0 Å². The Morgan fingerprint density at radius 2 is 1.92 bits per heavy atom. The maximum atomic E-state index is 11.9. The van der Waals surface area contributed by atoms with E-state index in [9.17, 15) is 4.79 Å². The largest absolute Gasteiger partial charge is 0.349 e. The molecule has 1 aromatic heterocycles. The quantitative estimate of drug-likeness (QED) is 0.726. The van der Waals surface area contributed by atoms with Gasteiger partial charge in [-0.25, -0.2) is 4.98 Å². The molecule has 4 rings (SSSR count). The van der Waals surface area contributed by atoms with E-state index in [1.807, 2.05) is 30.3 Å². The first-order valence-corrected chi connectivity index (χ1v) is 8.96. The number of hydrogen-bond donors (Lipinski definition) is 1. The number of imidazole rings is 1. The molecular formula is C19H18BrN3O.